The van der Waals surface area contributed by atoms with E-state index in [4.69, 9.17) is 4.74 Å². The van der Waals surface area contributed by atoms with Crippen molar-refractivity contribution in [2.24, 2.45) is 0 Å². The Kier molecular flexibility index (Phi) is 4.72. The van der Waals surface area contributed by atoms with Gasteiger partial charge in [0.2, 0.25) is 5.91 Å². The minimum absolute atomic E-state index is 0.0467. The van der Waals surface area contributed by atoms with E-state index in [1.54, 1.807) is 16.3 Å². The van der Waals surface area contributed by atoms with Crippen molar-refractivity contribution in [1.29, 1.82) is 0 Å². The highest BCUT2D eigenvalue weighted by atomic mass is 79.9. The molecule has 1 aliphatic rings. The molecule has 0 aliphatic carbocycles. The van der Waals surface area contributed by atoms with Crippen molar-refractivity contribution in [1.82, 2.24) is 4.98 Å². The Balaban J connectivity index is 1.64. The van der Waals surface area contributed by atoms with Crippen LogP contribution in [0, 0.1) is 5.82 Å². The molecule has 0 spiro atoms. The third-order valence-corrected chi connectivity index (χ3v) is 4.69. The molecular formula is C15H12BrFN2O3S. The number of hydrogen-bond donors (Lipinski definition) is 0. The molecule has 1 aromatic carbocycles. The van der Waals surface area contributed by atoms with Crippen LogP contribution in [0.25, 0.3) is 0 Å². The van der Waals surface area contributed by atoms with E-state index in [-0.39, 0.29) is 18.1 Å². The highest BCUT2D eigenvalue weighted by Crippen LogP contribution is 2.26. The van der Waals surface area contributed by atoms with E-state index in [1.165, 1.54) is 23.5 Å². The van der Waals surface area contributed by atoms with Gasteiger partial charge >= 0.3 is 5.97 Å². The average Bonchev–Trinajstić information content (AvgIpc) is 3.10. The first kappa shape index (κ1) is 16.1. The van der Waals surface area contributed by atoms with Gasteiger partial charge in [0.05, 0.1) is 12.1 Å². The summed E-state index contributed by atoms with van der Waals surface area (Å²) in [5.74, 6) is -1.29. The van der Waals surface area contributed by atoms with Crippen molar-refractivity contribution in [2.75, 3.05) is 11.4 Å². The van der Waals surface area contributed by atoms with Gasteiger partial charge in [-0.1, -0.05) is 15.9 Å². The van der Waals surface area contributed by atoms with Crippen LogP contribution in [-0.4, -0.2) is 23.4 Å². The van der Waals surface area contributed by atoms with Gasteiger partial charge in [0.25, 0.3) is 0 Å². The van der Waals surface area contributed by atoms with Gasteiger partial charge in [0.15, 0.2) is 16.7 Å². The topological polar surface area (TPSA) is 59.5 Å². The predicted octanol–water partition coefficient (Wildman–Crippen LogP) is 3.32. The monoisotopic (exact) mass is 398 g/mol. The number of rotatable bonds is 4. The van der Waals surface area contributed by atoms with Crippen molar-refractivity contribution in [3.63, 3.8) is 0 Å². The molecule has 5 nitrogen and oxygen atoms in total. The molecule has 0 atom stereocenters. The van der Waals surface area contributed by atoms with Crippen molar-refractivity contribution in [3.05, 3.63) is 39.6 Å². The second kappa shape index (κ2) is 6.76. The van der Waals surface area contributed by atoms with Gasteiger partial charge in [-0.05, 0) is 24.6 Å². The summed E-state index contributed by atoms with van der Waals surface area (Å²) >= 11 is 4.44. The van der Waals surface area contributed by atoms with Crippen LogP contribution in [0.4, 0.5) is 9.52 Å². The number of halogens is 2. The van der Waals surface area contributed by atoms with Crippen LogP contribution in [0.1, 0.15) is 18.5 Å². The molecule has 3 rings (SSSR count). The lowest BCUT2D eigenvalue weighted by atomic mass is 10.3. The zero-order valence-corrected chi connectivity index (χ0v) is 14.3. The molecule has 8 heteroatoms. The molecule has 1 amide bonds. The summed E-state index contributed by atoms with van der Waals surface area (Å²) in [5, 5.41) is 2.30. The van der Waals surface area contributed by atoms with Gasteiger partial charge in [-0.25, -0.2) is 9.37 Å². The van der Waals surface area contributed by atoms with Crippen molar-refractivity contribution in [2.45, 2.75) is 19.3 Å². The average molecular weight is 399 g/mol. The molecule has 23 heavy (non-hydrogen) atoms. The molecule has 0 N–H and O–H groups in total. The van der Waals surface area contributed by atoms with E-state index in [9.17, 15) is 14.0 Å². The van der Waals surface area contributed by atoms with Crippen LogP contribution in [0.3, 0.4) is 0 Å². The number of esters is 1. The molecule has 1 fully saturated rings. The number of thiazole rings is 1. The minimum Gasteiger partial charge on any atom is -0.423 e. The van der Waals surface area contributed by atoms with Crippen molar-refractivity contribution in [3.8, 4) is 5.75 Å². The summed E-state index contributed by atoms with van der Waals surface area (Å²) in [5.41, 5.74) is 0.507. The van der Waals surface area contributed by atoms with Gasteiger partial charge in [0, 0.05) is 22.8 Å². The first-order chi connectivity index (χ1) is 11.0. The first-order valence-corrected chi connectivity index (χ1v) is 8.60. The van der Waals surface area contributed by atoms with Gasteiger partial charge in [-0.2, -0.15) is 0 Å². The smallest absolute Gasteiger partial charge is 0.317 e. The maximum atomic E-state index is 13.6. The third-order valence-electron chi connectivity index (χ3n) is 3.29. The normalized spacial score (nSPS) is 14.3. The van der Waals surface area contributed by atoms with E-state index >= 15 is 0 Å². The van der Waals surface area contributed by atoms with E-state index in [0.29, 0.717) is 28.3 Å². The summed E-state index contributed by atoms with van der Waals surface area (Å²) in [4.78, 5) is 29.5. The number of amides is 1. The zero-order chi connectivity index (χ0) is 16.4. The fourth-order valence-corrected chi connectivity index (χ4v) is 3.42. The lowest BCUT2D eigenvalue weighted by Crippen LogP contribution is -2.23. The Labute approximate surface area is 144 Å². The Hall–Kier alpha value is -1.80. The SMILES string of the molecule is O=C(Cc1csc(N2CCCC2=O)n1)Oc1ccc(Br)cc1F. The van der Waals surface area contributed by atoms with Crippen LogP contribution in [0.2, 0.25) is 0 Å². The van der Waals surface area contributed by atoms with Crippen LogP contribution >= 0.6 is 27.3 Å². The molecular weight excluding hydrogens is 387 g/mol. The standard InChI is InChI=1S/C15H12BrFN2O3S/c16-9-3-4-12(11(17)6-9)22-14(21)7-10-8-23-15(18-10)19-5-1-2-13(19)20/h3-4,6,8H,1-2,5,7H2. The van der Waals surface area contributed by atoms with E-state index in [1.807, 2.05) is 0 Å². The van der Waals surface area contributed by atoms with Crippen LogP contribution < -0.4 is 9.64 Å². The Morgan fingerprint density at radius 1 is 1.48 bits per heavy atom. The zero-order valence-electron chi connectivity index (χ0n) is 11.9. The van der Waals surface area contributed by atoms with Crippen LogP contribution in [-0.2, 0) is 16.0 Å². The molecule has 120 valence electrons. The Bertz CT molecular complexity index is 765. The van der Waals surface area contributed by atoms with E-state index in [0.717, 1.165) is 6.42 Å². The molecule has 1 saturated heterocycles. The van der Waals surface area contributed by atoms with Gasteiger partial charge in [-0.3, -0.25) is 14.5 Å². The fraction of sp³-hybridized carbons (Fsp3) is 0.267. The van der Waals surface area contributed by atoms with Crippen LogP contribution in [0.15, 0.2) is 28.1 Å². The summed E-state index contributed by atoms with van der Waals surface area (Å²) in [7, 11) is 0. The second-order valence-corrected chi connectivity index (χ2v) is 6.75. The molecule has 2 aromatic rings. The number of carbonyl (C=O) groups excluding carboxylic acids is 2. The van der Waals surface area contributed by atoms with Crippen LogP contribution in [0.5, 0.6) is 5.75 Å². The number of benzene rings is 1. The van der Waals surface area contributed by atoms with Gasteiger partial charge < -0.3 is 4.74 Å². The summed E-state index contributed by atoms with van der Waals surface area (Å²) < 4.78 is 19.2. The lowest BCUT2D eigenvalue weighted by Gasteiger charge is -2.10. The highest BCUT2D eigenvalue weighted by molar-refractivity contribution is 9.10. The number of anilines is 1. The molecule has 1 aromatic heterocycles. The summed E-state index contributed by atoms with van der Waals surface area (Å²) in [6.07, 6.45) is 1.27. The highest BCUT2D eigenvalue weighted by Gasteiger charge is 2.24. The Morgan fingerprint density at radius 2 is 2.30 bits per heavy atom. The molecule has 2 heterocycles. The fourth-order valence-electron chi connectivity index (χ4n) is 2.22. The summed E-state index contributed by atoms with van der Waals surface area (Å²) in [6, 6.07) is 4.20. The molecule has 0 bridgehead atoms. The minimum atomic E-state index is -0.616. The number of hydrogen-bond acceptors (Lipinski definition) is 5. The first-order valence-electron chi connectivity index (χ1n) is 6.93. The molecule has 0 unspecified atom stereocenters. The quantitative estimate of drug-likeness (QED) is 0.585. The summed E-state index contributed by atoms with van der Waals surface area (Å²) in [6.45, 7) is 0.653. The number of aromatic nitrogens is 1. The predicted molar refractivity (Wildman–Crippen MR) is 87.1 cm³/mol. The second-order valence-electron chi connectivity index (χ2n) is 5.00. The molecule has 0 radical (unpaired) electrons. The molecule has 1 aliphatic heterocycles. The maximum absolute atomic E-state index is 13.6. The maximum Gasteiger partial charge on any atom is 0.317 e. The third kappa shape index (κ3) is 3.76. The van der Waals surface area contributed by atoms with E-state index in [2.05, 4.69) is 20.9 Å². The largest absolute Gasteiger partial charge is 0.423 e. The van der Waals surface area contributed by atoms with Crippen molar-refractivity contribution >= 4 is 44.3 Å². The van der Waals surface area contributed by atoms with Crippen molar-refractivity contribution < 1.29 is 18.7 Å². The number of nitrogens with zero attached hydrogens (tertiary/aromatic N) is 2. The number of carbonyl (C=O) groups is 2. The number of ether oxygens (including phenoxy) is 1. The lowest BCUT2D eigenvalue weighted by molar-refractivity contribution is -0.133. The van der Waals surface area contributed by atoms with Gasteiger partial charge in [0.1, 0.15) is 0 Å². The van der Waals surface area contributed by atoms with Gasteiger partial charge in [-0.15, -0.1) is 11.3 Å². The Morgan fingerprint density at radius 3 is 3.00 bits per heavy atom. The van der Waals surface area contributed by atoms with E-state index < -0.39 is 11.8 Å². The molecule has 0 saturated carbocycles.